The van der Waals surface area contributed by atoms with Crippen molar-refractivity contribution in [1.29, 1.82) is 0 Å². The van der Waals surface area contributed by atoms with E-state index in [1.54, 1.807) is 40.0 Å². The lowest BCUT2D eigenvalue weighted by molar-refractivity contribution is 0.915. The van der Waals surface area contributed by atoms with E-state index in [1.807, 2.05) is 42.6 Å². The average Bonchev–Trinajstić information content (AvgIpc) is 3.09. The molecule has 0 radical (unpaired) electrons. The summed E-state index contributed by atoms with van der Waals surface area (Å²) in [5.41, 5.74) is 1.86. The molecule has 0 saturated carbocycles. The van der Waals surface area contributed by atoms with Crippen molar-refractivity contribution in [3.63, 3.8) is 0 Å². The van der Waals surface area contributed by atoms with E-state index in [2.05, 4.69) is 15.1 Å². The van der Waals surface area contributed by atoms with Crippen molar-refractivity contribution >= 4 is 39.7 Å². The third kappa shape index (κ3) is 2.61. The molecule has 0 saturated heterocycles. The van der Waals surface area contributed by atoms with Crippen LogP contribution in [0.1, 0.15) is 0 Å². The first kappa shape index (κ1) is 13.8. The second-order valence-electron chi connectivity index (χ2n) is 4.50. The molecule has 3 heterocycles. The summed E-state index contributed by atoms with van der Waals surface area (Å²) in [7, 11) is 0. The predicted octanol–water partition coefficient (Wildman–Crippen LogP) is 4.66. The number of hydrogen-bond donors (Lipinski definition) is 0. The molecule has 0 fully saturated rings. The predicted molar refractivity (Wildman–Crippen MR) is 89.7 cm³/mol. The Labute approximate surface area is 139 Å². The van der Waals surface area contributed by atoms with Gasteiger partial charge in [-0.25, -0.2) is 9.50 Å². The third-order valence-corrected chi connectivity index (χ3v) is 5.51. The summed E-state index contributed by atoms with van der Waals surface area (Å²) in [4.78, 5) is 10.6. The minimum atomic E-state index is 0.733. The highest BCUT2D eigenvalue weighted by molar-refractivity contribution is 8.01. The first-order chi connectivity index (χ1) is 10.8. The second-order valence-corrected chi connectivity index (χ2v) is 7.15. The van der Waals surface area contributed by atoms with Gasteiger partial charge in [0.2, 0.25) is 4.96 Å². The summed E-state index contributed by atoms with van der Waals surface area (Å²) in [6, 6.07) is 11.6. The van der Waals surface area contributed by atoms with Crippen LogP contribution in [0.2, 0.25) is 5.02 Å². The van der Waals surface area contributed by atoms with Gasteiger partial charge in [-0.3, -0.25) is 4.98 Å². The zero-order valence-corrected chi connectivity index (χ0v) is 13.6. The first-order valence-electron chi connectivity index (χ1n) is 6.48. The number of hydrogen-bond acceptors (Lipinski definition) is 5. The summed E-state index contributed by atoms with van der Waals surface area (Å²) < 4.78 is 2.71. The smallest absolute Gasteiger partial charge is 0.213 e. The van der Waals surface area contributed by atoms with Crippen LogP contribution in [0.4, 0.5) is 0 Å². The monoisotopic (exact) mass is 344 g/mol. The maximum atomic E-state index is 6.18. The zero-order valence-electron chi connectivity index (χ0n) is 11.2. The van der Waals surface area contributed by atoms with Crippen molar-refractivity contribution in [3.05, 3.63) is 60.0 Å². The lowest BCUT2D eigenvalue weighted by atomic mass is 10.2. The topological polar surface area (TPSA) is 43.1 Å². The molecule has 4 rings (SSSR count). The maximum absolute atomic E-state index is 6.18. The van der Waals surface area contributed by atoms with Crippen LogP contribution < -0.4 is 0 Å². The van der Waals surface area contributed by atoms with Crippen LogP contribution in [0.15, 0.2) is 64.2 Å². The maximum Gasteiger partial charge on any atom is 0.213 e. The van der Waals surface area contributed by atoms with Crippen LogP contribution in [0.25, 0.3) is 16.2 Å². The molecule has 0 bridgehead atoms. The second kappa shape index (κ2) is 5.72. The van der Waals surface area contributed by atoms with Gasteiger partial charge in [0.1, 0.15) is 0 Å². The number of fused-ring (bicyclic) bond motifs is 1. The van der Waals surface area contributed by atoms with E-state index in [1.165, 1.54) is 0 Å². The minimum Gasteiger partial charge on any atom is -0.264 e. The largest absolute Gasteiger partial charge is 0.264 e. The highest BCUT2D eigenvalue weighted by atomic mass is 35.5. The number of aromatic nitrogens is 4. The number of halogens is 1. The molecule has 0 unspecified atom stereocenters. The van der Waals surface area contributed by atoms with Crippen molar-refractivity contribution in [2.24, 2.45) is 0 Å². The summed E-state index contributed by atoms with van der Waals surface area (Å²) in [5.74, 6) is 0. The Morgan fingerprint density at radius 2 is 2.05 bits per heavy atom. The van der Waals surface area contributed by atoms with E-state index < -0.39 is 0 Å². The van der Waals surface area contributed by atoms with E-state index in [9.17, 15) is 0 Å². The van der Waals surface area contributed by atoms with Crippen LogP contribution in [0.5, 0.6) is 0 Å². The van der Waals surface area contributed by atoms with Crippen LogP contribution in [-0.4, -0.2) is 19.6 Å². The molecular formula is C15H9ClN4S2. The number of imidazole rings is 1. The molecule has 7 heteroatoms. The van der Waals surface area contributed by atoms with Gasteiger partial charge in [0.25, 0.3) is 0 Å². The Morgan fingerprint density at radius 3 is 2.82 bits per heavy atom. The molecule has 1 aromatic carbocycles. The number of benzene rings is 1. The Bertz CT molecular complexity index is 902. The van der Waals surface area contributed by atoms with Crippen LogP contribution in [0, 0.1) is 0 Å². The Hall–Kier alpha value is -1.89. The van der Waals surface area contributed by atoms with Gasteiger partial charge in [0.15, 0.2) is 4.34 Å². The number of pyridine rings is 1. The van der Waals surface area contributed by atoms with Crippen molar-refractivity contribution in [3.8, 4) is 11.3 Å². The molecule has 0 aliphatic rings. The quantitative estimate of drug-likeness (QED) is 0.542. The standard InChI is InChI=1S/C15H9ClN4S2/c16-11-5-1-2-6-13(11)21-15-19-20-9-12(18-14(20)22-15)10-4-3-7-17-8-10/h1-9H. The van der Waals surface area contributed by atoms with Gasteiger partial charge >= 0.3 is 0 Å². The van der Waals surface area contributed by atoms with E-state index >= 15 is 0 Å². The molecule has 0 spiro atoms. The Balaban J connectivity index is 1.66. The molecule has 4 nitrogen and oxygen atoms in total. The zero-order chi connectivity index (χ0) is 14.9. The van der Waals surface area contributed by atoms with Gasteiger partial charge in [-0.15, -0.1) is 5.10 Å². The summed E-state index contributed by atoms with van der Waals surface area (Å²) in [6.07, 6.45) is 5.46. The number of nitrogens with zero attached hydrogens (tertiary/aromatic N) is 4. The number of rotatable bonds is 3. The van der Waals surface area contributed by atoms with E-state index in [-0.39, 0.29) is 0 Å². The third-order valence-electron chi connectivity index (χ3n) is 3.02. The highest BCUT2D eigenvalue weighted by Crippen LogP contribution is 2.35. The van der Waals surface area contributed by atoms with Gasteiger partial charge in [0.05, 0.1) is 16.9 Å². The normalized spacial score (nSPS) is 11.1. The van der Waals surface area contributed by atoms with Gasteiger partial charge in [-0.1, -0.05) is 46.8 Å². The molecule has 4 aromatic rings. The van der Waals surface area contributed by atoms with Crippen LogP contribution in [0.3, 0.4) is 0 Å². The Kier molecular flexibility index (Phi) is 3.57. The first-order valence-corrected chi connectivity index (χ1v) is 8.50. The van der Waals surface area contributed by atoms with Crippen molar-refractivity contribution in [2.45, 2.75) is 9.24 Å². The lowest BCUT2D eigenvalue weighted by Crippen LogP contribution is -1.81. The van der Waals surface area contributed by atoms with Gasteiger partial charge < -0.3 is 0 Å². The van der Waals surface area contributed by atoms with E-state index in [4.69, 9.17) is 11.6 Å². The molecule has 0 atom stereocenters. The van der Waals surface area contributed by atoms with Gasteiger partial charge in [0, 0.05) is 22.9 Å². The highest BCUT2D eigenvalue weighted by Gasteiger charge is 2.11. The van der Waals surface area contributed by atoms with Gasteiger partial charge in [-0.2, -0.15) is 0 Å². The molecule has 0 N–H and O–H groups in total. The minimum absolute atomic E-state index is 0.733. The van der Waals surface area contributed by atoms with Crippen LogP contribution in [-0.2, 0) is 0 Å². The van der Waals surface area contributed by atoms with Crippen molar-refractivity contribution in [2.75, 3.05) is 0 Å². The summed E-state index contributed by atoms with van der Waals surface area (Å²) in [5, 5.41) is 5.28. The molecule has 0 aliphatic heterocycles. The average molecular weight is 345 g/mol. The summed E-state index contributed by atoms with van der Waals surface area (Å²) in [6.45, 7) is 0. The van der Waals surface area contributed by atoms with Crippen molar-refractivity contribution in [1.82, 2.24) is 19.6 Å². The molecule has 0 aliphatic carbocycles. The summed E-state index contributed by atoms with van der Waals surface area (Å²) >= 11 is 9.27. The molecule has 108 valence electrons. The SMILES string of the molecule is Clc1ccccc1Sc1nn2cc(-c3cccnc3)nc2s1. The fraction of sp³-hybridized carbons (Fsp3) is 0. The molecule has 22 heavy (non-hydrogen) atoms. The molecule has 0 amide bonds. The fourth-order valence-corrected chi connectivity index (χ4v) is 4.15. The fourth-order valence-electron chi connectivity index (χ4n) is 2.00. The van der Waals surface area contributed by atoms with Crippen LogP contribution >= 0.6 is 34.7 Å². The lowest BCUT2D eigenvalue weighted by Gasteiger charge is -1.99. The Morgan fingerprint density at radius 1 is 1.14 bits per heavy atom. The van der Waals surface area contributed by atoms with Crippen molar-refractivity contribution < 1.29 is 0 Å². The van der Waals surface area contributed by atoms with Gasteiger partial charge in [-0.05, 0) is 24.3 Å². The van der Waals surface area contributed by atoms with E-state index in [0.717, 1.165) is 30.5 Å². The van der Waals surface area contributed by atoms with E-state index in [0.29, 0.717) is 0 Å². The molecule has 3 aromatic heterocycles. The molecular weight excluding hydrogens is 336 g/mol.